The molecule has 1 unspecified atom stereocenters. The Bertz CT molecular complexity index is 1380. The fourth-order valence-corrected chi connectivity index (χ4v) is 5.12. The first kappa shape index (κ1) is 20.2. The Kier molecular flexibility index (Phi) is 4.29. The monoisotopic (exact) mass is 446 g/mol. The van der Waals surface area contributed by atoms with Gasteiger partial charge in [-0.15, -0.1) is 0 Å². The molecule has 1 aliphatic carbocycles. The number of fused-ring (bicyclic) bond motifs is 4. The SMILES string of the molecule is CC(C)Oc1cc2nn([C@]34CCC(C)(C3)OC4)cc2cc1C(=O)Nc1cnn2cccnc12. The number of amides is 1. The number of benzene rings is 1. The third-order valence-electron chi connectivity index (χ3n) is 6.74. The average Bonchev–Trinajstić information content (AvgIpc) is 3.54. The molecule has 2 aliphatic rings. The quantitative estimate of drug-likeness (QED) is 0.501. The highest BCUT2D eigenvalue weighted by atomic mass is 16.5. The molecule has 1 N–H and O–H groups in total. The molecule has 9 nitrogen and oxygen atoms in total. The molecule has 0 radical (unpaired) electrons. The summed E-state index contributed by atoms with van der Waals surface area (Å²) >= 11 is 0. The van der Waals surface area contributed by atoms with Gasteiger partial charge in [-0.2, -0.15) is 10.2 Å². The maximum absolute atomic E-state index is 13.3. The van der Waals surface area contributed by atoms with Crippen molar-refractivity contribution in [1.29, 1.82) is 0 Å². The Labute approximate surface area is 190 Å². The maximum Gasteiger partial charge on any atom is 0.259 e. The zero-order valence-electron chi connectivity index (χ0n) is 18.9. The van der Waals surface area contributed by atoms with E-state index >= 15 is 0 Å². The first-order chi connectivity index (χ1) is 15.8. The number of nitrogens with zero attached hydrogens (tertiary/aromatic N) is 5. The fourth-order valence-electron chi connectivity index (χ4n) is 5.12. The number of ether oxygens (including phenoxy) is 2. The van der Waals surface area contributed by atoms with Crippen molar-refractivity contribution in [2.75, 3.05) is 11.9 Å². The van der Waals surface area contributed by atoms with Crippen molar-refractivity contribution in [3.05, 3.63) is 48.5 Å². The van der Waals surface area contributed by atoms with Gasteiger partial charge in [0.25, 0.3) is 5.91 Å². The van der Waals surface area contributed by atoms with Crippen LogP contribution in [0.1, 0.15) is 50.4 Å². The lowest BCUT2D eigenvalue weighted by molar-refractivity contribution is -0.0149. The molecule has 1 aliphatic heterocycles. The smallest absolute Gasteiger partial charge is 0.259 e. The molecule has 6 rings (SSSR count). The van der Waals surface area contributed by atoms with Gasteiger partial charge < -0.3 is 14.8 Å². The fraction of sp³-hybridized carbons (Fsp3) is 0.417. The first-order valence-corrected chi connectivity index (χ1v) is 11.3. The largest absolute Gasteiger partial charge is 0.490 e. The predicted molar refractivity (Wildman–Crippen MR) is 123 cm³/mol. The summed E-state index contributed by atoms with van der Waals surface area (Å²) in [4.78, 5) is 17.6. The van der Waals surface area contributed by atoms with E-state index in [0.717, 1.165) is 30.2 Å². The Hall–Kier alpha value is -3.46. The molecule has 0 spiro atoms. The average molecular weight is 447 g/mol. The number of carbonyl (C=O) groups excluding carboxylic acids is 1. The van der Waals surface area contributed by atoms with Crippen LogP contribution in [0.2, 0.25) is 0 Å². The van der Waals surface area contributed by atoms with E-state index in [9.17, 15) is 4.79 Å². The van der Waals surface area contributed by atoms with E-state index in [2.05, 4.69) is 22.3 Å². The number of aromatic nitrogens is 5. The van der Waals surface area contributed by atoms with Crippen molar-refractivity contribution < 1.29 is 14.3 Å². The lowest BCUT2D eigenvalue weighted by Crippen LogP contribution is -2.33. The van der Waals surface area contributed by atoms with Gasteiger partial charge in [0.15, 0.2) is 5.65 Å². The number of anilines is 1. The van der Waals surface area contributed by atoms with Gasteiger partial charge in [0.1, 0.15) is 11.4 Å². The molecule has 9 heteroatoms. The standard InChI is InChI=1S/C24H26N6O3/c1-15(2)33-20-10-18-16(12-30(28-18)24-6-5-23(3,13-24)32-14-24)9-17(20)22(31)27-19-11-26-29-8-4-7-25-21(19)29/h4,7-12,15H,5-6,13-14H2,1-3H3,(H,27,31)/t23?,24-/m1/s1. The Morgan fingerprint density at radius 1 is 1.30 bits per heavy atom. The summed E-state index contributed by atoms with van der Waals surface area (Å²) in [5, 5.41) is 13.0. The van der Waals surface area contributed by atoms with E-state index in [1.807, 2.05) is 36.9 Å². The summed E-state index contributed by atoms with van der Waals surface area (Å²) in [5.41, 5.74) is 2.20. The molecule has 2 bridgehead atoms. The summed E-state index contributed by atoms with van der Waals surface area (Å²) in [5.74, 6) is 0.220. The molecule has 1 saturated carbocycles. The summed E-state index contributed by atoms with van der Waals surface area (Å²) in [6.07, 6.45) is 10.0. The van der Waals surface area contributed by atoms with Crippen LogP contribution in [0.15, 0.2) is 43.0 Å². The van der Waals surface area contributed by atoms with Crippen LogP contribution in [0.4, 0.5) is 5.69 Å². The number of rotatable bonds is 5. The molecule has 4 aromatic rings. The van der Waals surface area contributed by atoms with Crippen LogP contribution in [0.25, 0.3) is 16.6 Å². The van der Waals surface area contributed by atoms with Gasteiger partial charge in [-0.05, 0) is 45.7 Å². The van der Waals surface area contributed by atoms with Crippen LogP contribution in [-0.2, 0) is 10.3 Å². The molecule has 3 aromatic heterocycles. The third-order valence-corrected chi connectivity index (χ3v) is 6.74. The van der Waals surface area contributed by atoms with Gasteiger partial charge in [0, 0.05) is 36.5 Å². The van der Waals surface area contributed by atoms with E-state index < -0.39 is 0 Å². The van der Waals surface area contributed by atoms with Crippen LogP contribution in [-0.4, -0.2) is 48.6 Å². The molecule has 1 saturated heterocycles. The molecule has 4 heterocycles. The highest BCUT2D eigenvalue weighted by molar-refractivity contribution is 6.09. The number of carbonyl (C=O) groups is 1. The van der Waals surface area contributed by atoms with Crippen LogP contribution in [0.5, 0.6) is 5.75 Å². The van der Waals surface area contributed by atoms with Crippen LogP contribution < -0.4 is 10.1 Å². The third kappa shape index (κ3) is 3.26. The lowest BCUT2D eigenvalue weighted by atomic mass is 9.99. The van der Waals surface area contributed by atoms with Gasteiger partial charge in [0.2, 0.25) is 0 Å². The minimum atomic E-state index is -0.281. The Morgan fingerprint density at radius 2 is 2.18 bits per heavy atom. The van der Waals surface area contributed by atoms with E-state index in [1.165, 1.54) is 0 Å². The van der Waals surface area contributed by atoms with Gasteiger partial charge in [0.05, 0.1) is 41.1 Å². The van der Waals surface area contributed by atoms with Crippen molar-refractivity contribution >= 4 is 28.1 Å². The zero-order valence-corrected chi connectivity index (χ0v) is 18.9. The number of hydrogen-bond acceptors (Lipinski definition) is 6. The summed E-state index contributed by atoms with van der Waals surface area (Å²) in [6.45, 7) is 6.72. The van der Waals surface area contributed by atoms with E-state index in [-0.39, 0.29) is 23.2 Å². The van der Waals surface area contributed by atoms with Crippen molar-refractivity contribution in [2.24, 2.45) is 0 Å². The van der Waals surface area contributed by atoms with Crippen molar-refractivity contribution in [3.8, 4) is 5.75 Å². The molecule has 1 amide bonds. The Morgan fingerprint density at radius 3 is 2.91 bits per heavy atom. The molecule has 2 fully saturated rings. The van der Waals surface area contributed by atoms with Gasteiger partial charge >= 0.3 is 0 Å². The number of hydrogen-bond donors (Lipinski definition) is 1. The second-order valence-electron chi connectivity index (χ2n) is 9.69. The number of nitrogens with one attached hydrogen (secondary N) is 1. The molecular weight excluding hydrogens is 420 g/mol. The first-order valence-electron chi connectivity index (χ1n) is 11.3. The Balaban J connectivity index is 1.39. The minimum Gasteiger partial charge on any atom is -0.490 e. The maximum atomic E-state index is 13.3. The predicted octanol–water partition coefficient (Wildman–Crippen LogP) is 3.79. The van der Waals surface area contributed by atoms with Crippen molar-refractivity contribution in [2.45, 2.75) is 57.3 Å². The molecule has 1 aromatic carbocycles. The van der Waals surface area contributed by atoms with E-state index in [1.54, 1.807) is 29.2 Å². The van der Waals surface area contributed by atoms with Crippen molar-refractivity contribution in [1.82, 2.24) is 24.4 Å². The summed E-state index contributed by atoms with van der Waals surface area (Å²) < 4.78 is 15.7. The van der Waals surface area contributed by atoms with Crippen LogP contribution >= 0.6 is 0 Å². The van der Waals surface area contributed by atoms with Gasteiger partial charge in [-0.25, -0.2) is 9.50 Å². The zero-order chi connectivity index (χ0) is 22.8. The second kappa shape index (κ2) is 7.02. The normalized spacial score (nSPS) is 24.2. The van der Waals surface area contributed by atoms with Gasteiger partial charge in [-0.1, -0.05) is 0 Å². The molecule has 170 valence electrons. The van der Waals surface area contributed by atoms with E-state index in [0.29, 0.717) is 29.3 Å². The highest BCUT2D eigenvalue weighted by Crippen LogP contribution is 2.51. The van der Waals surface area contributed by atoms with Gasteiger partial charge in [-0.3, -0.25) is 9.48 Å². The molecular formula is C24H26N6O3. The summed E-state index contributed by atoms with van der Waals surface area (Å²) in [7, 11) is 0. The summed E-state index contributed by atoms with van der Waals surface area (Å²) in [6, 6.07) is 5.49. The molecule has 2 atom stereocenters. The second-order valence-corrected chi connectivity index (χ2v) is 9.69. The minimum absolute atomic E-state index is 0.0580. The van der Waals surface area contributed by atoms with E-state index in [4.69, 9.17) is 14.6 Å². The van der Waals surface area contributed by atoms with Crippen LogP contribution in [0.3, 0.4) is 0 Å². The van der Waals surface area contributed by atoms with Crippen LogP contribution in [0, 0.1) is 0 Å². The van der Waals surface area contributed by atoms with Crippen molar-refractivity contribution in [3.63, 3.8) is 0 Å². The lowest BCUT2D eigenvalue weighted by Gasteiger charge is -2.26. The molecule has 33 heavy (non-hydrogen) atoms. The topological polar surface area (TPSA) is 95.6 Å². The highest BCUT2D eigenvalue weighted by Gasteiger charge is 2.54.